The lowest BCUT2D eigenvalue weighted by molar-refractivity contribution is 0.387. The van der Waals surface area contributed by atoms with Crippen molar-refractivity contribution in [3.63, 3.8) is 0 Å². The van der Waals surface area contributed by atoms with Crippen molar-refractivity contribution in [1.82, 2.24) is 9.62 Å². The van der Waals surface area contributed by atoms with Gasteiger partial charge in [0.05, 0.1) is 7.11 Å². The van der Waals surface area contributed by atoms with Crippen molar-refractivity contribution in [3.8, 4) is 5.75 Å². The van der Waals surface area contributed by atoms with Crippen molar-refractivity contribution in [2.75, 3.05) is 20.7 Å². The van der Waals surface area contributed by atoms with Crippen LogP contribution in [0.2, 0.25) is 0 Å². The SMILES string of the molecule is CCCNCc1ccc(OC)c(S(=O)(=O)N(C)C(C)C)c1. The van der Waals surface area contributed by atoms with Gasteiger partial charge in [0.25, 0.3) is 0 Å². The molecule has 0 unspecified atom stereocenters. The summed E-state index contributed by atoms with van der Waals surface area (Å²) < 4.78 is 31.9. The fourth-order valence-electron chi connectivity index (χ4n) is 1.87. The van der Waals surface area contributed by atoms with Gasteiger partial charge in [0.2, 0.25) is 10.0 Å². The van der Waals surface area contributed by atoms with E-state index in [4.69, 9.17) is 4.74 Å². The number of rotatable bonds is 8. The van der Waals surface area contributed by atoms with Gasteiger partial charge in [-0.25, -0.2) is 8.42 Å². The Bertz CT molecular complexity index is 556. The van der Waals surface area contributed by atoms with Crippen LogP contribution >= 0.6 is 0 Å². The predicted molar refractivity (Wildman–Crippen MR) is 85.1 cm³/mol. The molecule has 0 saturated heterocycles. The molecule has 1 aromatic rings. The maximum absolute atomic E-state index is 12.7. The summed E-state index contributed by atoms with van der Waals surface area (Å²) in [7, 11) is -0.484. The van der Waals surface area contributed by atoms with Gasteiger partial charge in [0, 0.05) is 19.6 Å². The van der Waals surface area contributed by atoms with Crippen LogP contribution in [0.15, 0.2) is 23.1 Å². The van der Waals surface area contributed by atoms with Crippen LogP contribution < -0.4 is 10.1 Å². The molecule has 1 rings (SSSR count). The molecule has 1 aromatic carbocycles. The fraction of sp³-hybridized carbons (Fsp3) is 0.600. The van der Waals surface area contributed by atoms with Crippen LogP contribution in [0, 0.1) is 0 Å². The van der Waals surface area contributed by atoms with Gasteiger partial charge in [-0.15, -0.1) is 0 Å². The van der Waals surface area contributed by atoms with Gasteiger partial charge < -0.3 is 10.1 Å². The molecule has 0 heterocycles. The number of ether oxygens (including phenoxy) is 1. The van der Waals surface area contributed by atoms with Gasteiger partial charge >= 0.3 is 0 Å². The van der Waals surface area contributed by atoms with Crippen LogP contribution in [0.25, 0.3) is 0 Å². The molecule has 21 heavy (non-hydrogen) atoms. The molecule has 0 atom stereocenters. The molecule has 120 valence electrons. The second-order valence-electron chi connectivity index (χ2n) is 5.28. The molecular weight excluding hydrogens is 288 g/mol. The van der Waals surface area contributed by atoms with E-state index in [1.165, 1.54) is 11.4 Å². The minimum absolute atomic E-state index is 0.110. The van der Waals surface area contributed by atoms with Gasteiger partial charge in [0.1, 0.15) is 10.6 Å². The van der Waals surface area contributed by atoms with Gasteiger partial charge in [-0.2, -0.15) is 4.31 Å². The molecule has 0 aromatic heterocycles. The summed E-state index contributed by atoms with van der Waals surface area (Å²) >= 11 is 0. The molecule has 5 nitrogen and oxygen atoms in total. The first kappa shape index (κ1) is 17.9. The lowest BCUT2D eigenvalue weighted by Gasteiger charge is -2.22. The number of nitrogens with zero attached hydrogens (tertiary/aromatic N) is 1. The van der Waals surface area contributed by atoms with E-state index in [-0.39, 0.29) is 10.9 Å². The summed E-state index contributed by atoms with van der Waals surface area (Å²) in [5.41, 5.74) is 0.931. The van der Waals surface area contributed by atoms with Crippen molar-refractivity contribution in [1.29, 1.82) is 0 Å². The van der Waals surface area contributed by atoms with E-state index in [9.17, 15) is 8.42 Å². The minimum atomic E-state index is -3.55. The highest BCUT2D eigenvalue weighted by Crippen LogP contribution is 2.28. The largest absolute Gasteiger partial charge is 0.495 e. The molecule has 0 fully saturated rings. The number of hydrogen-bond acceptors (Lipinski definition) is 4. The zero-order valence-electron chi connectivity index (χ0n) is 13.5. The number of sulfonamides is 1. The maximum Gasteiger partial charge on any atom is 0.246 e. The zero-order chi connectivity index (χ0) is 16.0. The second kappa shape index (κ2) is 7.77. The van der Waals surface area contributed by atoms with E-state index in [1.807, 2.05) is 19.9 Å². The second-order valence-corrected chi connectivity index (χ2v) is 7.24. The molecule has 0 aliphatic heterocycles. The van der Waals surface area contributed by atoms with Crippen molar-refractivity contribution in [2.45, 2.75) is 44.7 Å². The molecule has 0 saturated carbocycles. The molecule has 1 N–H and O–H groups in total. The van der Waals surface area contributed by atoms with Crippen LogP contribution in [-0.4, -0.2) is 39.5 Å². The van der Waals surface area contributed by atoms with Crippen LogP contribution in [0.4, 0.5) is 0 Å². The van der Waals surface area contributed by atoms with Crippen LogP contribution in [0.1, 0.15) is 32.8 Å². The van der Waals surface area contributed by atoms with Crippen LogP contribution in [-0.2, 0) is 16.6 Å². The standard InChI is InChI=1S/C15H26N2O3S/c1-6-9-16-11-13-7-8-14(20-5)15(10-13)21(18,19)17(4)12(2)3/h7-8,10,12,16H,6,9,11H2,1-5H3. The Labute approximate surface area is 128 Å². The third-order valence-corrected chi connectivity index (χ3v) is 5.42. The predicted octanol–water partition coefficient (Wildman–Crippen LogP) is 2.22. The molecule has 0 amide bonds. The molecular formula is C15H26N2O3S. The third kappa shape index (κ3) is 4.43. The van der Waals surface area contributed by atoms with E-state index in [2.05, 4.69) is 12.2 Å². The fourth-order valence-corrected chi connectivity index (χ4v) is 3.45. The van der Waals surface area contributed by atoms with Gasteiger partial charge in [-0.3, -0.25) is 0 Å². The van der Waals surface area contributed by atoms with Gasteiger partial charge in [0.15, 0.2) is 0 Å². The molecule has 0 aliphatic rings. The van der Waals surface area contributed by atoms with Crippen molar-refractivity contribution < 1.29 is 13.2 Å². The first-order valence-corrected chi connectivity index (χ1v) is 8.64. The van der Waals surface area contributed by atoms with Crippen LogP contribution in [0.5, 0.6) is 5.75 Å². The Morgan fingerprint density at radius 1 is 1.33 bits per heavy atom. The topological polar surface area (TPSA) is 58.6 Å². The molecule has 6 heteroatoms. The molecule has 0 radical (unpaired) electrons. The highest BCUT2D eigenvalue weighted by molar-refractivity contribution is 7.89. The lowest BCUT2D eigenvalue weighted by Crippen LogP contribution is -2.33. The average molecular weight is 314 g/mol. The molecule has 0 spiro atoms. The Hall–Kier alpha value is -1.11. The first-order chi connectivity index (χ1) is 9.84. The molecule has 0 aliphatic carbocycles. The number of nitrogens with one attached hydrogen (secondary N) is 1. The Morgan fingerprint density at radius 2 is 2.00 bits per heavy atom. The highest BCUT2D eigenvalue weighted by Gasteiger charge is 2.26. The normalized spacial score (nSPS) is 12.1. The monoisotopic (exact) mass is 314 g/mol. The summed E-state index contributed by atoms with van der Waals surface area (Å²) in [6, 6.07) is 5.18. The Morgan fingerprint density at radius 3 is 2.52 bits per heavy atom. The number of benzene rings is 1. The lowest BCUT2D eigenvalue weighted by atomic mass is 10.2. The Balaban J connectivity index is 3.16. The average Bonchev–Trinajstić information content (AvgIpc) is 2.46. The highest BCUT2D eigenvalue weighted by atomic mass is 32.2. The Kier molecular flexibility index (Phi) is 6.64. The third-order valence-electron chi connectivity index (χ3n) is 3.37. The van der Waals surface area contributed by atoms with Crippen molar-refractivity contribution >= 4 is 10.0 Å². The van der Waals surface area contributed by atoms with E-state index in [0.29, 0.717) is 12.3 Å². The van der Waals surface area contributed by atoms with E-state index in [1.54, 1.807) is 19.2 Å². The summed E-state index contributed by atoms with van der Waals surface area (Å²) in [5.74, 6) is 0.377. The van der Waals surface area contributed by atoms with Gasteiger partial charge in [-0.05, 0) is 44.5 Å². The van der Waals surface area contributed by atoms with Gasteiger partial charge in [-0.1, -0.05) is 13.0 Å². The minimum Gasteiger partial charge on any atom is -0.495 e. The van der Waals surface area contributed by atoms with E-state index >= 15 is 0 Å². The maximum atomic E-state index is 12.7. The first-order valence-electron chi connectivity index (χ1n) is 7.20. The van der Waals surface area contributed by atoms with Crippen molar-refractivity contribution in [2.24, 2.45) is 0 Å². The zero-order valence-corrected chi connectivity index (χ0v) is 14.3. The van der Waals surface area contributed by atoms with E-state index < -0.39 is 10.0 Å². The smallest absolute Gasteiger partial charge is 0.246 e. The quantitative estimate of drug-likeness (QED) is 0.748. The summed E-state index contributed by atoms with van der Waals surface area (Å²) in [5, 5.41) is 3.27. The van der Waals surface area contributed by atoms with Crippen LogP contribution in [0.3, 0.4) is 0 Å². The summed E-state index contributed by atoms with van der Waals surface area (Å²) in [6.45, 7) is 7.33. The summed E-state index contributed by atoms with van der Waals surface area (Å²) in [4.78, 5) is 0.219. The molecule has 0 bridgehead atoms. The number of hydrogen-bond donors (Lipinski definition) is 1. The van der Waals surface area contributed by atoms with Crippen molar-refractivity contribution in [3.05, 3.63) is 23.8 Å². The number of methoxy groups -OCH3 is 1. The van der Waals surface area contributed by atoms with E-state index in [0.717, 1.165) is 18.5 Å². The summed E-state index contributed by atoms with van der Waals surface area (Å²) in [6.07, 6.45) is 1.04.